The molecule has 0 saturated carbocycles. The van der Waals surface area contributed by atoms with E-state index >= 15 is 0 Å². The second-order valence-corrected chi connectivity index (χ2v) is 6.10. The van der Waals surface area contributed by atoms with Gasteiger partial charge in [-0.15, -0.1) is 0 Å². The first-order chi connectivity index (χ1) is 10.7. The molecule has 0 aromatic heterocycles. The number of rotatable bonds is 7. The number of methoxy groups -OCH3 is 1. The van der Waals surface area contributed by atoms with Crippen molar-refractivity contribution in [2.24, 2.45) is 11.1 Å². The van der Waals surface area contributed by atoms with E-state index in [4.69, 9.17) is 10.5 Å². The van der Waals surface area contributed by atoms with Crippen LogP contribution in [0.4, 0.5) is 0 Å². The molecule has 1 amide bonds. The third kappa shape index (κ3) is 4.29. The fourth-order valence-corrected chi connectivity index (χ4v) is 3.11. The molecule has 1 atom stereocenters. The summed E-state index contributed by atoms with van der Waals surface area (Å²) < 4.78 is 5.38. The van der Waals surface area contributed by atoms with Crippen LogP contribution in [0, 0.1) is 5.41 Å². The summed E-state index contributed by atoms with van der Waals surface area (Å²) in [4.78, 5) is 12.5. The van der Waals surface area contributed by atoms with E-state index in [1.807, 2.05) is 30.3 Å². The van der Waals surface area contributed by atoms with Crippen molar-refractivity contribution in [1.29, 1.82) is 0 Å². The molecule has 1 saturated heterocycles. The van der Waals surface area contributed by atoms with E-state index in [0.29, 0.717) is 19.7 Å². The maximum absolute atomic E-state index is 12.5. The molecule has 1 aliphatic rings. The molecule has 4 N–H and O–H groups in total. The molecule has 1 fully saturated rings. The molecular formula is C17H27N3O2. The Kier molecular flexibility index (Phi) is 6.36. The molecular weight excluding hydrogens is 278 g/mol. The van der Waals surface area contributed by atoms with Gasteiger partial charge in [-0.05, 0) is 31.5 Å². The summed E-state index contributed by atoms with van der Waals surface area (Å²) in [7, 11) is 1.72. The zero-order chi connectivity index (χ0) is 15.8. The zero-order valence-corrected chi connectivity index (χ0v) is 13.3. The lowest BCUT2D eigenvalue weighted by Crippen LogP contribution is -2.48. The van der Waals surface area contributed by atoms with Crippen LogP contribution >= 0.6 is 0 Å². The summed E-state index contributed by atoms with van der Waals surface area (Å²) in [6.07, 6.45) is 2.03. The summed E-state index contributed by atoms with van der Waals surface area (Å²) in [5, 5.41) is 6.46. The van der Waals surface area contributed by atoms with E-state index in [2.05, 4.69) is 10.6 Å². The first-order valence-corrected chi connectivity index (χ1v) is 7.93. The molecule has 0 bridgehead atoms. The lowest BCUT2D eigenvalue weighted by Gasteiger charge is -2.37. The minimum Gasteiger partial charge on any atom is -0.384 e. The fraction of sp³-hybridized carbons (Fsp3) is 0.588. The molecule has 0 spiro atoms. The number of hydrogen-bond donors (Lipinski definition) is 3. The Morgan fingerprint density at radius 2 is 2.05 bits per heavy atom. The van der Waals surface area contributed by atoms with Gasteiger partial charge in [-0.2, -0.15) is 0 Å². The predicted octanol–water partition coefficient (Wildman–Crippen LogP) is 0.861. The number of carbonyl (C=O) groups is 1. The van der Waals surface area contributed by atoms with Crippen LogP contribution < -0.4 is 16.4 Å². The van der Waals surface area contributed by atoms with Gasteiger partial charge in [0.15, 0.2) is 0 Å². The van der Waals surface area contributed by atoms with Gasteiger partial charge in [0, 0.05) is 25.6 Å². The van der Waals surface area contributed by atoms with Crippen LogP contribution in [0.5, 0.6) is 0 Å². The summed E-state index contributed by atoms with van der Waals surface area (Å²) in [5.41, 5.74) is 6.81. The molecule has 2 rings (SSSR count). The second-order valence-electron chi connectivity index (χ2n) is 6.10. The van der Waals surface area contributed by atoms with Crippen molar-refractivity contribution in [3.8, 4) is 0 Å². The van der Waals surface area contributed by atoms with Gasteiger partial charge in [0.1, 0.15) is 0 Å². The van der Waals surface area contributed by atoms with Crippen LogP contribution in [0.2, 0.25) is 0 Å². The van der Waals surface area contributed by atoms with Crippen molar-refractivity contribution >= 4 is 5.91 Å². The first kappa shape index (κ1) is 16.9. The number of hydrogen-bond acceptors (Lipinski definition) is 4. The Morgan fingerprint density at radius 3 is 2.64 bits per heavy atom. The number of piperidine rings is 1. The Balaban J connectivity index is 1.97. The monoisotopic (exact) mass is 305 g/mol. The van der Waals surface area contributed by atoms with Gasteiger partial charge in [-0.25, -0.2) is 0 Å². The largest absolute Gasteiger partial charge is 0.384 e. The highest BCUT2D eigenvalue weighted by Crippen LogP contribution is 2.28. The molecule has 0 radical (unpaired) electrons. The molecule has 1 unspecified atom stereocenters. The zero-order valence-electron chi connectivity index (χ0n) is 13.3. The van der Waals surface area contributed by atoms with E-state index < -0.39 is 0 Å². The first-order valence-electron chi connectivity index (χ1n) is 7.93. The van der Waals surface area contributed by atoms with Gasteiger partial charge >= 0.3 is 0 Å². The van der Waals surface area contributed by atoms with Crippen molar-refractivity contribution < 1.29 is 9.53 Å². The van der Waals surface area contributed by atoms with Crippen LogP contribution in [-0.4, -0.2) is 45.8 Å². The number of ether oxygens (including phenoxy) is 1. The van der Waals surface area contributed by atoms with E-state index in [0.717, 1.165) is 31.5 Å². The summed E-state index contributed by atoms with van der Waals surface area (Å²) in [5.74, 6) is -0.287. The molecule has 1 aromatic rings. The molecule has 5 heteroatoms. The van der Waals surface area contributed by atoms with Gasteiger partial charge in [0.05, 0.1) is 12.5 Å². The lowest BCUT2D eigenvalue weighted by atomic mass is 9.79. The van der Waals surface area contributed by atoms with E-state index in [-0.39, 0.29) is 17.2 Å². The standard InChI is InChI=1S/C17H27N3O2/c1-22-13-17(7-9-19-10-8-17)12-20-16(21)15(11-18)14-5-3-2-4-6-14/h2-6,15,19H,7-13,18H2,1H3,(H,20,21). The van der Waals surface area contributed by atoms with Crippen molar-refractivity contribution in [3.05, 3.63) is 35.9 Å². The number of benzene rings is 1. The van der Waals surface area contributed by atoms with Gasteiger partial charge in [-0.3, -0.25) is 4.79 Å². The van der Waals surface area contributed by atoms with Crippen molar-refractivity contribution in [1.82, 2.24) is 10.6 Å². The minimum absolute atomic E-state index is 0.00251. The highest BCUT2D eigenvalue weighted by molar-refractivity contribution is 5.83. The highest BCUT2D eigenvalue weighted by atomic mass is 16.5. The maximum Gasteiger partial charge on any atom is 0.228 e. The molecule has 0 aliphatic carbocycles. The number of carbonyl (C=O) groups excluding carboxylic acids is 1. The smallest absolute Gasteiger partial charge is 0.228 e. The molecule has 1 aliphatic heterocycles. The van der Waals surface area contributed by atoms with Crippen LogP contribution in [0.3, 0.4) is 0 Å². The Hall–Kier alpha value is -1.43. The molecule has 1 aromatic carbocycles. The van der Waals surface area contributed by atoms with Crippen LogP contribution in [0.25, 0.3) is 0 Å². The number of amides is 1. The Bertz CT molecular complexity index is 453. The van der Waals surface area contributed by atoms with Gasteiger partial charge in [-0.1, -0.05) is 30.3 Å². The predicted molar refractivity (Wildman–Crippen MR) is 87.7 cm³/mol. The van der Waals surface area contributed by atoms with Gasteiger partial charge in [0.25, 0.3) is 0 Å². The topological polar surface area (TPSA) is 76.4 Å². The third-order valence-corrected chi connectivity index (χ3v) is 4.51. The van der Waals surface area contributed by atoms with Gasteiger partial charge in [0.2, 0.25) is 5.91 Å². The average Bonchev–Trinajstić information content (AvgIpc) is 2.56. The van der Waals surface area contributed by atoms with Crippen molar-refractivity contribution in [2.75, 3.05) is 39.9 Å². The maximum atomic E-state index is 12.5. The summed E-state index contributed by atoms with van der Waals surface area (Å²) in [6, 6.07) is 9.71. The van der Waals surface area contributed by atoms with E-state index in [1.165, 1.54) is 0 Å². The average molecular weight is 305 g/mol. The van der Waals surface area contributed by atoms with Gasteiger partial charge < -0.3 is 21.1 Å². The van der Waals surface area contributed by atoms with E-state index in [9.17, 15) is 4.79 Å². The fourth-order valence-electron chi connectivity index (χ4n) is 3.11. The third-order valence-electron chi connectivity index (χ3n) is 4.51. The molecule has 22 heavy (non-hydrogen) atoms. The van der Waals surface area contributed by atoms with Crippen LogP contribution in [0.1, 0.15) is 24.3 Å². The summed E-state index contributed by atoms with van der Waals surface area (Å²) in [6.45, 7) is 3.57. The SMILES string of the molecule is COCC1(CNC(=O)C(CN)c2ccccc2)CCNCC1. The van der Waals surface area contributed by atoms with Crippen molar-refractivity contribution in [2.45, 2.75) is 18.8 Å². The quantitative estimate of drug-likeness (QED) is 0.698. The van der Waals surface area contributed by atoms with Crippen LogP contribution in [-0.2, 0) is 9.53 Å². The second kappa shape index (κ2) is 8.27. The number of nitrogens with one attached hydrogen (secondary N) is 2. The molecule has 1 heterocycles. The van der Waals surface area contributed by atoms with Crippen molar-refractivity contribution in [3.63, 3.8) is 0 Å². The molecule has 122 valence electrons. The van der Waals surface area contributed by atoms with E-state index in [1.54, 1.807) is 7.11 Å². The molecule has 5 nitrogen and oxygen atoms in total. The highest BCUT2D eigenvalue weighted by Gasteiger charge is 2.33. The van der Waals surface area contributed by atoms with Crippen LogP contribution in [0.15, 0.2) is 30.3 Å². The lowest BCUT2D eigenvalue weighted by molar-refractivity contribution is -0.123. The minimum atomic E-state index is -0.289. The normalized spacial score (nSPS) is 18.6. The summed E-state index contributed by atoms with van der Waals surface area (Å²) >= 11 is 0. The number of nitrogens with two attached hydrogens (primary N) is 1. The Morgan fingerprint density at radius 1 is 1.36 bits per heavy atom. The Labute approximate surface area is 132 Å².